The van der Waals surface area contributed by atoms with Gasteiger partial charge < -0.3 is 0 Å². The van der Waals surface area contributed by atoms with Gasteiger partial charge in [0.15, 0.2) is 90.6 Å². The molecule has 0 aromatic carbocycles. The van der Waals surface area contributed by atoms with Crippen LogP contribution in [-0.2, 0) is 0 Å². The maximum atomic E-state index is 16.7. The Bertz CT molecular complexity index is 3910. The van der Waals surface area contributed by atoms with Crippen LogP contribution >= 0.6 is 0 Å². The van der Waals surface area contributed by atoms with Crippen LogP contribution in [0.3, 0.4) is 0 Å². The second-order valence-electron chi connectivity index (χ2n) is 37.5. The highest BCUT2D eigenvalue weighted by Gasteiger charge is 3.00. The minimum Gasteiger partial charge on any atom is -0.279 e. The highest BCUT2D eigenvalue weighted by molar-refractivity contribution is 6.02. The van der Waals surface area contributed by atoms with Crippen molar-refractivity contribution in [3.63, 3.8) is 0 Å². The van der Waals surface area contributed by atoms with Gasteiger partial charge in [0, 0.05) is 0 Å². The molecule has 48 nitrogen and oxygen atoms in total. The van der Waals surface area contributed by atoms with Crippen LogP contribution in [-0.4, -0.2) is 451 Å². The third-order valence-electron chi connectivity index (χ3n) is 37.9. The quantitative estimate of drug-likeness (QED) is 0.230. The van der Waals surface area contributed by atoms with Gasteiger partial charge in [-0.15, -0.1) is 0 Å². The standard InChI is InChI=1S/C64H64N32O16/c97-33-65-17-69-35(99)73-21-77-39(103)81-25-85-43(107)89-29-93-47(111)95-31-91-45(109)87-27-83-41(105)79-23-75-37(101)71-19-67(33)50-2-1-49(50,65)66-18-70-36(100)74(52(73)4-3-51(52,69)70)22-78-40(104)82(56(81)8-7-55(56,77)78)26-86-44(108)90(60(89)12-11-59(60,85)86)30-94-48(112)96(64(95)16-15-63(64,93)94)32-92-46(110)88(61(87)13-14-62(61,91)92)28-84-42(106)80(57(79)9-10-58(57,83)84)24-76-38(102)72(20-68(50)34(66)98)53(71)5-6-54(53,75)76/h1-32H2. The molecule has 0 aromatic heterocycles. The van der Waals surface area contributed by atoms with E-state index in [1.165, 1.54) is 157 Å². The molecule has 576 valence electrons. The second kappa shape index (κ2) is 14.2. The first kappa shape index (κ1) is 56.5. The summed E-state index contributed by atoms with van der Waals surface area (Å²) in [7, 11) is 0. The topological polar surface area (TPSA) is 377 Å². The average Bonchev–Trinajstić information content (AvgIpc) is 1.43. The molecule has 0 bridgehead atoms. The van der Waals surface area contributed by atoms with Gasteiger partial charge in [-0.05, 0) is 103 Å². The summed E-state index contributed by atoms with van der Waals surface area (Å²) in [5, 5.41) is 0. The minimum atomic E-state index is -1.68. The number of rotatable bonds is 0. The van der Waals surface area contributed by atoms with Crippen LogP contribution in [0.4, 0.5) is 76.7 Å². The number of amides is 32. The van der Waals surface area contributed by atoms with Gasteiger partial charge >= 0.3 is 96.5 Å². The molecule has 24 heterocycles. The maximum absolute atomic E-state index is 16.7. The van der Waals surface area contributed by atoms with Crippen molar-refractivity contribution in [3.05, 3.63) is 0 Å². The van der Waals surface area contributed by atoms with Crippen molar-refractivity contribution in [2.24, 2.45) is 0 Å². The second-order valence-corrected chi connectivity index (χ2v) is 37.5. The third kappa shape index (κ3) is 3.72. The molecule has 32 rings (SSSR count). The fourth-order valence-electron chi connectivity index (χ4n) is 33.5. The molecule has 0 unspecified atom stereocenters. The van der Waals surface area contributed by atoms with Crippen molar-refractivity contribution in [3.8, 4) is 0 Å². The van der Waals surface area contributed by atoms with Crippen LogP contribution in [0.1, 0.15) is 103 Å². The van der Waals surface area contributed by atoms with Gasteiger partial charge in [-0.25, -0.2) is 76.7 Å². The summed E-state index contributed by atoms with van der Waals surface area (Å²) in [6.45, 7) is -8.26. The zero-order valence-electron chi connectivity index (χ0n) is 59.5. The molecule has 16 spiro atoms. The third-order valence-corrected chi connectivity index (χ3v) is 37.9. The van der Waals surface area contributed by atoms with E-state index in [2.05, 4.69) is 0 Å². The lowest BCUT2D eigenvalue weighted by molar-refractivity contribution is -0.246. The van der Waals surface area contributed by atoms with Crippen LogP contribution in [0, 0.1) is 0 Å². The largest absolute Gasteiger partial charge is 0.326 e. The minimum absolute atomic E-state index is 0.112. The Morgan fingerprint density at radius 1 is 0.0982 bits per heavy atom. The van der Waals surface area contributed by atoms with Crippen molar-refractivity contribution >= 4 is 96.5 Å². The summed E-state index contributed by atoms with van der Waals surface area (Å²) in [5.74, 6) is 0. The number of carbonyl (C=O) groups is 16. The molecule has 0 radical (unpaired) electrons. The zero-order chi connectivity index (χ0) is 74.3. The zero-order valence-corrected chi connectivity index (χ0v) is 59.5. The van der Waals surface area contributed by atoms with Gasteiger partial charge in [0.2, 0.25) is 0 Å². The molecular formula is C64H64N32O16. The van der Waals surface area contributed by atoms with Gasteiger partial charge in [0.25, 0.3) is 0 Å². The van der Waals surface area contributed by atoms with E-state index in [1.54, 1.807) is 0 Å². The fourth-order valence-corrected chi connectivity index (χ4v) is 33.5. The van der Waals surface area contributed by atoms with Gasteiger partial charge in [-0.2, -0.15) is 0 Å². The number of urea groups is 16. The van der Waals surface area contributed by atoms with Crippen molar-refractivity contribution in [1.29, 1.82) is 0 Å². The fraction of sp³-hybridized carbons (Fsp3) is 0.750. The van der Waals surface area contributed by atoms with Crippen LogP contribution in [0.15, 0.2) is 0 Å². The van der Waals surface area contributed by atoms with Crippen LogP contribution < -0.4 is 0 Å². The molecular weight excluding hydrogens is 1470 g/mol. The molecule has 0 atom stereocenters. The first-order valence-corrected chi connectivity index (χ1v) is 39.4. The number of carbonyl (C=O) groups excluding carboxylic acids is 16. The Hall–Kier alpha value is -11.7. The lowest BCUT2D eigenvalue weighted by Gasteiger charge is -2.65. The van der Waals surface area contributed by atoms with E-state index in [4.69, 9.17) is 0 Å². The van der Waals surface area contributed by atoms with Crippen molar-refractivity contribution in [2.45, 2.75) is 193 Å². The molecule has 32 fully saturated rings. The van der Waals surface area contributed by atoms with Gasteiger partial charge in [-0.3, -0.25) is 157 Å². The molecule has 24 aliphatic heterocycles. The number of hydrogen-bond donors (Lipinski definition) is 0. The van der Waals surface area contributed by atoms with Crippen molar-refractivity contribution < 1.29 is 76.7 Å². The smallest absolute Gasteiger partial charge is 0.279 e. The Labute approximate surface area is 627 Å². The number of nitrogens with zero attached hydrogens (tertiary/aromatic N) is 32. The van der Waals surface area contributed by atoms with Crippen LogP contribution in [0.5, 0.6) is 0 Å². The van der Waals surface area contributed by atoms with E-state index in [9.17, 15) is 0 Å². The van der Waals surface area contributed by atoms with Crippen LogP contribution in [0.2, 0.25) is 0 Å². The predicted molar refractivity (Wildman–Crippen MR) is 341 cm³/mol. The Morgan fingerprint density at radius 2 is 0.143 bits per heavy atom. The first-order chi connectivity index (χ1) is 53.9. The van der Waals surface area contributed by atoms with Gasteiger partial charge in [0.1, 0.15) is 107 Å². The normalized spacial score (nSPS) is 50.0. The van der Waals surface area contributed by atoms with E-state index in [1.807, 2.05) is 0 Å². The average molecular weight is 1540 g/mol. The monoisotopic (exact) mass is 1540 g/mol. The molecule has 8 saturated carbocycles. The lowest BCUT2D eigenvalue weighted by Crippen LogP contribution is -2.84. The Balaban J connectivity index is 0.608. The molecule has 0 N–H and O–H groups in total. The number of hydrogen-bond acceptors (Lipinski definition) is 16. The lowest BCUT2D eigenvalue weighted by atomic mass is 9.68. The van der Waals surface area contributed by atoms with E-state index in [0.717, 1.165) is 0 Å². The van der Waals surface area contributed by atoms with E-state index >= 15 is 76.7 Å². The first-order valence-electron chi connectivity index (χ1n) is 39.4. The summed E-state index contributed by atoms with van der Waals surface area (Å²) in [5.41, 5.74) is -26.9. The Morgan fingerprint density at radius 3 is 0.179 bits per heavy atom. The maximum Gasteiger partial charge on any atom is 0.326 e. The summed E-state index contributed by atoms with van der Waals surface area (Å²) in [4.78, 5) is 315. The highest BCUT2D eigenvalue weighted by atomic mass is 16.3. The molecule has 24 saturated heterocycles. The SMILES string of the molecule is O=C1N2CN3C(=O)N4CN5C(=O)N6CN7C(=O)N8CN9C(=O)N%10CN%11C(=O)N%12CN%13C(=O)N%14CN%15C(=O)N%16CN1C1%17CCC21N1CN2C(=O)N(CN%18C(=O)N(CN%19C(=O)N(CN%20C(=O)N(CN%21C(=O)N(CN%22C(=O)N(CN%23C(=O)N(CN%17C1=O)C%161CCC%15%231)C%141CCC%13%221)C%121CCC%11%211)C%101CCC9%201)C81CCC7%191)C61CCC5%181)C41CCC321. The predicted octanol–water partition coefficient (Wildman–Crippen LogP) is -3.28. The molecule has 0 aromatic rings. The molecule has 32 aliphatic rings. The molecule has 32 amide bonds. The van der Waals surface area contributed by atoms with Crippen molar-refractivity contribution in [2.75, 3.05) is 107 Å². The summed E-state index contributed by atoms with van der Waals surface area (Å²) >= 11 is 0. The molecule has 112 heavy (non-hydrogen) atoms. The van der Waals surface area contributed by atoms with Crippen LogP contribution in [0.25, 0.3) is 0 Å². The Kier molecular flexibility index (Phi) is 7.15. The van der Waals surface area contributed by atoms with E-state index in [0.29, 0.717) is 0 Å². The molecule has 48 heteroatoms. The van der Waals surface area contributed by atoms with Gasteiger partial charge in [-0.1, -0.05) is 0 Å². The van der Waals surface area contributed by atoms with Gasteiger partial charge in [0.05, 0.1) is 0 Å². The molecule has 8 aliphatic carbocycles. The summed E-state index contributed by atoms with van der Waals surface area (Å²) < 4.78 is 0. The van der Waals surface area contributed by atoms with Crippen molar-refractivity contribution in [1.82, 2.24) is 157 Å². The van der Waals surface area contributed by atoms with E-state index < -0.39 is 294 Å². The summed E-state index contributed by atoms with van der Waals surface area (Å²) in [6.07, 6.45) is 1.78. The highest BCUT2D eigenvalue weighted by Crippen LogP contribution is 2.79. The van der Waals surface area contributed by atoms with E-state index in [-0.39, 0.29) is 103 Å². The summed E-state index contributed by atoms with van der Waals surface area (Å²) in [6, 6.07) is -10.6.